The van der Waals surface area contributed by atoms with Gasteiger partial charge in [0.15, 0.2) is 0 Å². The van der Waals surface area contributed by atoms with Gasteiger partial charge in [-0.1, -0.05) is 30.3 Å². The van der Waals surface area contributed by atoms with E-state index in [9.17, 15) is 14.7 Å². The second kappa shape index (κ2) is 5.25. The zero-order chi connectivity index (χ0) is 14.1. The van der Waals surface area contributed by atoms with Crippen LogP contribution < -0.4 is 0 Å². The van der Waals surface area contributed by atoms with Gasteiger partial charge in [0.05, 0.1) is 12.0 Å². The van der Waals surface area contributed by atoms with Crippen LogP contribution in [0.5, 0.6) is 0 Å². The van der Waals surface area contributed by atoms with E-state index < -0.39 is 23.9 Å². The van der Waals surface area contributed by atoms with Crippen molar-refractivity contribution in [2.75, 3.05) is 13.2 Å². The van der Waals surface area contributed by atoms with Crippen molar-refractivity contribution in [2.45, 2.75) is 24.9 Å². The number of carboxylic acid groups (broad SMARTS) is 1. The van der Waals surface area contributed by atoms with Crippen LogP contribution in [0.25, 0.3) is 0 Å². The third-order valence-electron chi connectivity index (χ3n) is 4.20. The van der Waals surface area contributed by atoms with E-state index in [0.717, 1.165) is 18.5 Å². The fraction of sp³-hybridized carbons (Fsp3) is 0.467. The predicted molar refractivity (Wildman–Crippen MR) is 71.0 cm³/mol. The van der Waals surface area contributed by atoms with Gasteiger partial charge in [0, 0.05) is 0 Å². The Morgan fingerprint density at radius 1 is 1.30 bits per heavy atom. The van der Waals surface area contributed by atoms with Gasteiger partial charge in [0.1, 0.15) is 12.6 Å². The first-order chi connectivity index (χ1) is 9.68. The summed E-state index contributed by atoms with van der Waals surface area (Å²) in [4.78, 5) is 25.4. The number of carboxylic acids is 1. The number of cyclic esters (lactones) is 1. The van der Waals surface area contributed by atoms with E-state index in [0.29, 0.717) is 13.0 Å². The molecule has 0 amide bonds. The van der Waals surface area contributed by atoms with Crippen LogP contribution in [0, 0.1) is 5.92 Å². The highest BCUT2D eigenvalue weighted by Gasteiger charge is 2.47. The van der Waals surface area contributed by atoms with Gasteiger partial charge in [-0.25, -0.2) is 0 Å². The maximum atomic E-state index is 12.0. The molecule has 2 aliphatic heterocycles. The molecule has 20 heavy (non-hydrogen) atoms. The SMILES string of the molecule is O=C(O)C1CCCN2C(c3ccccc3)COC(=O)C12. The number of hydrogen-bond donors (Lipinski definition) is 1. The van der Waals surface area contributed by atoms with Crippen LogP contribution in [-0.4, -0.2) is 41.1 Å². The van der Waals surface area contributed by atoms with Crippen LogP contribution >= 0.6 is 0 Å². The van der Waals surface area contributed by atoms with Crippen LogP contribution in [-0.2, 0) is 14.3 Å². The monoisotopic (exact) mass is 275 g/mol. The van der Waals surface area contributed by atoms with Gasteiger partial charge in [0.25, 0.3) is 0 Å². The number of carbonyl (C=O) groups excluding carboxylic acids is 1. The summed E-state index contributed by atoms with van der Waals surface area (Å²) in [5, 5.41) is 9.32. The standard InChI is InChI=1S/C15H17NO4/c17-14(18)11-7-4-8-16-12(9-20-15(19)13(11)16)10-5-2-1-3-6-10/h1-3,5-6,11-13H,4,7-9H2,(H,17,18). The van der Waals surface area contributed by atoms with E-state index in [-0.39, 0.29) is 6.04 Å². The summed E-state index contributed by atoms with van der Waals surface area (Å²) in [6, 6.07) is 9.11. The summed E-state index contributed by atoms with van der Waals surface area (Å²) in [5.74, 6) is -1.97. The van der Waals surface area contributed by atoms with Crippen molar-refractivity contribution in [3.63, 3.8) is 0 Å². The molecule has 0 aromatic heterocycles. The largest absolute Gasteiger partial charge is 0.481 e. The van der Waals surface area contributed by atoms with E-state index in [2.05, 4.69) is 0 Å². The highest BCUT2D eigenvalue weighted by Crippen LogP contribution is 2.36. The minimum absolute atomic E-state index is 0.0407. The molecule has 106 valence electrons. The van der Waals surface area contributed by atoms with Crippen molar-refractivity contribution < 1.29 is 19.4 Å². The van der Waals surface area contributed by atoms with E-state index in [1.165, 1.54) is 0 Å². The molecule has 1 aromatic rings. The number of hydrogen-bond acceptors (Lipinski definition) is 4. The summed E-state index contributed by atoms with van der Waals surface area (Å²) in [5.41, 5.74) is 1.07. The molecule has 5 heteroatoms. The maximum absolute atomic E-state index is 12.0. The van der Waals surface area contributed by atoms with Crippen molar-refractivity contribution in [1.82, 2.24) is 4.90 Å². The van der Waals surface area contributed by atoms with Gasteiger partial charge in [-0.3, -0.25) is 14.5 Å². The number of esters is 1. The first kappa shape index (κ1) is 13.1. The molecule has 0 radical (unpaired) electrons. The number of morpholine rings is 1. The van der Waals surface area contributed by atoms with Crippen LogP contribution in [0.4, 0.5) is 0 Å². The molecule has 2 saturated heterocycles. The molecule has 1 aromatic carbocycles. The van der Waals surface area contributed by atoms with Crippen LogP contribution in [0.3, 0.4) is 0 Å². The lowest BCUT2D eigenvalue weighted by molar-refractivity contribution is -0.175. The van der Waals surface area contributed by atoms with Gasteiger partial charge in [0.2, 0.25) is 0 Å². The van der Waals surface area contributed by atoms with Crippen molar-refractivity contribution >= 4 is 11.9 Å². The predicted octanol–water partition coefficient (Wildman–Crippen LogP) is 1.45. The fourth-order valence-electron chi connectivity index (χ4n) is 3.23. The molecule has 0 bridgehead atoms. The first-order valence-electron chi connectivity index (χ1n) is 6.88. The Hall–Kier alpha value is -1.88. The van der Waals surface area contributed by atoms with Crippen molar-refractivity contribution in [3.05, 3.63) is 35.9 Å². The second-order valence-electron chi connectivity index (χ2n) is 5.33. The summed E-state index contributed by atoms with van der Waals surface area (Å²) in [6.07, 6.45) is 1.33. The Morgan fingerprint density at radius 3 is 2.75 bits per heavy atom. The molecule has 0 saturated carbocycles. The highest BCUT2D eigenvalue weighted by atomic mass is 16.5. The fourth-order valence-corrected chi connectivity index (χ4v) is 3.23. The van der Waals surface area contributed by atoms with E-state index in [1.807, 2.05) is 35.2 Å². The Bertz CT molecular complexity index is 516. The van der Waals surface area contributed by atoms with Gasteiger partial charge in [-0.2, -0.15) is 0 Å². The normalized spacial score (nSPS) is 30.4. The third-order valence-corrected chi connectivity index (χ3v) is 4.20. The lowest BCUT2D eigenvalue weighted by atomic mass is 9.86. The smallest absolute Gasteiger partial charge is 0.324 e. The Balaban J connectivity index is 1.92. The van der Waals surface area contributed by atoms with Crippen LogP contribution in [0.1, 0.15) is 24.4 Å². The van der Waals surface area contributed by atoms with Crippen LogP contribution in [0.15, 0.2) is 30.3 Å². The molecule has 3 atom stereocenters. The Morgan fingerprint density at radius 2 is 2.05 bits per heavy atom. The highest BCUT2D eigenvalue weighted by molar-refractivity contribution is 5.84. The minimum atomic E-state index is -0.912. The van der Waals surface area contributed by atoms with E-state index >= 15 is 0 Å². The molecular formula is C15H17NO4. The topological polar surface area (TPSA) is 66.8 Å². The molecule has 1 N–H and O–H groups in total. The summed E-state index contributed by atoms with van der Waals surface area (Å²) < 4.78 is 5.25. The van der Waals surface area contributed by atoms with Gasteiger partial charge in [-0.15, -0.1) is 0 Å². The Kier molecular flexibility index (Phi) is 3.44. The zero-order valence-corrected chi connectivity index (χ0v) is 11.1. The number of rotatable bonds is 2. The quantitative estimate of drug-likeness (QED) is 0.827. The number of carbonyl (C=O) groups is 2. The van der Waals surface area contributed by atoms with Crippen LogP contribution in [0.2, 0.25) is 0 Å². The number of fused-ring (bicyclic) bond motifs is 1. The summed E-state index contributed by atoms with van der Waals surface area (Å²) in [7, 11) is 0. The van der Waals surface area contributed by atoms with Crippen molar-refractivity contribution in [2.24, 2.45) is 5.92 Å². The number of aliphatic carboxylic acids is 1. The van der Waals surface area contributed by atoms with E-state index in [4.69, 9.17) is 4.74 Å². The number of nitrogens with zero attached hydrogens (tertiary/aromatic N) is 1. The number of ether oxygens (including phenoxy) is 1. The minimum Gasteiger partial charge on any atom is -0.481 e. The Labute approximate surface area is 117 Å². The van der Waals surface area contributed by atoms with Crippen molar-refractivity contribution in [1.29, 1.82) is 0 Å². The van der Waals surface area contributed by atoms with Gasteiger partial charge in [-0.05, 0) is 24.9 Å². The molecule has 0 spiro atoms. The first-order valence-corrected chi connectivity index (χ1v) is 6.88. The average Bonchev–Trinajstić information content (AvgIpc) is 2.48. The molecule has 3 unspecified atom stereocenters. The molecule has 5 nitrogen and oxygen atoms in total. The summed E-state index contributed by atoms with van der Waals surface area (Å²) >= 11 is 0. The van der Waals surface area contributed by atoms with Gasteiger partial charge < -0.3 is 9.84 Å². The second-order valence-corrected chi connectivity index (χ2v) is 5.33. The molecule has 0 aliphatic carbocycles. The third kappa shape index (κ3) is 2.18. The molecule has 3 rings (SSSR count). The molecular weight excluding hydrogens is 258 g/mol. The van der Waals surface area contributed by atoms with Gasteiger partial charge >= 0.3 is 11.9 Å². The lowest BCUT2D eigenvalue weighted by Crippen LogP contribution is -2.58. The number of benzene rings is 1. The lowest BCUT2D eigenvalue weighted by Gasteiger charge is -2.45. The molecule has 2 heterocycles. The zero-order valence-electron chi connectivity index (χ0n) is 11.1. The number of piperidine rings is 1. The van der Waals surface area contributed by atoms with E-state index in [1.54, 1.807) is 0 Å². The summed E-state index contributed by atoms with van der Waals surface area (Å²) in [6.45, 7) is 1.04. The molecule has 2 fully saturated rings. The molecule has 2 aliphatic rings. The average molecular weight is 275 g/mol. The van der Waals surface area contributed by atoms with Crippen molar-refractivity contribution in [3.8, 4) is 0 Å². The maximum Gasteiger partial charge on any atom is 0.324 e.